The number of thiazole rings is 1. The van der Waals surface area contributed by atoms with E-state index in [1.165, 1.54) is 11.3 Å². The van der Waals surface area contributed by atoms with Gasteiger partial charge >= 0.3 is 0 Å². The third-order valence-electron chi connectivity index (χ3n) is 2.76. The second-order valence-electron chi connectivity index (χ2n) is 5.02. The van der Waals surface area contributed by atoms with Crippen LogP contribution in [0.5, 0.6) is 0 Å². The number of aromatic nitrogens is 1. The van der Waals surface area contributed by atoms with Crippen LogP contribution in [0.1, 0.15) is 24.4 Å². The molecule has 0 saturated carbocycles. The fourth-order valence-electron chi connectivity index (χ4n) is 1.67. The first-order valence-corrected chi connectivity index (χ1v) is 6.67. The van der Waals surface area contributed by atoms with Gasteiger partial charge in [-0.05, 0) is 20.8 Å². The molecule has 100 valence electrons. The monoisotopic (exact) mass is 277 g/mol. The average Bonchev–Trinajstić information content (AvgIpc) is 2.78. The van der Waals surface area contributed by atoms with Gasteiger partial charge in [0, 0.05) is 22.6 Å². The average molecular weight is 277 g/mol. The number of rotatable bonds is 3. The first-order chi connectivity index (χ1) is 8.79. The minimum Gasteiger partial charge on any atom is -0.320 e. The van der Waals surface area contributed by atoms with Gasteiger partial charge in [-0.1, -0.05) is 12.1 Å². The van der Waals surface area contributed by atoms with Crippen molar-refractivity contribution < 1.29 is 4.92 Å². The number of benzene rings is 1. The lowest BCUT2D eigenvalue weighted by molar-refractivity contribution is -0.385. The molecule has 1 heterocycles. The first-order valence-electron chi connectivity index (χ1n) is 5.79. The molecule has 0 aliphatic carbocycles. The Morgan fingerprint density at radius 2 is 2.11 bits per heavy atom. The highest BCUT2D eigenvalue weighted by Crippen LogP contribution is 2.30. The van der Waals surface area contributed by atoms with Crippen LogP contribution in [0.2, 0.25) is 0 Å². The fourth-order valence-corrected chi connectivity index (χ4v) is 2.53. The minimum absolute atomic E-state index is 0.110. The van der Waals surface area contributed by atoms with E-state index < -0.39 is 5.54 Å². The summed E-state index contributed by atoms with van der Waals surface area (Å²) < 4.78 is 0. The van der Waals surface area contributed by atoms with Crippen LogP contribution in [0.4, 0.5) is 5.69 Å². The van der Waals surface area contributed by atoms with Crippen LogP contribution in [-0.2, 0) is 5.54 Å². The van der Waals surface area contributed by atoms with Gasteiger partial charge in [0.05, 0.1) is 16.2 Å². The van der Waals surface area contributed by atoms with E-state index in [2.05, 4.69) is 4.98 Å². The molecule has 0 amide bonds. The third-order valence-corrected chi connectivity index (χ3v) is 3.94. The maximum absolute atomic E-state index is 10.9. The van der Waals surface area contributed by atoms with Gasteiger partial charge in [-0.3, -0.25) is 10.1 Å². The van der Waals surface area contributed by atoms with Crippen molar-refractivity contribution in [3.8, 4) is 11.3 Å². The Balaban J connectivity index is 2.45. The van der Waals surface area contributed by atoms with Crippen LogP contribution in [0.15, 0.2) is 23.6 Å². The molecule has 5 nitrogen and oxygen atoms in total. The highest BCUT2D eigenvalue weighted by Gasteiger charge is 2.20. The van der Waals surface area contributed by atoms with E-state index in [1.807, 2.05) is 25.3 Å². The topological polar surface area (TPSA) is 82.0 Å². The van der Waals surface area contributed by atoms with Crippen molar-refractivity contribution in [3.63, 3.8) is 0 Å². The lowest BCUT2D eigenvalue weighted by atomic mass is 10.1. The molecule has 2 rings (SSSR count). The molecule has 0 aliphatic heterocycles. The molecular formula is C13H15N3O2S. The molecular weight excluding hydrogens is 262 g/mol. The van der Waals surface area contributed by atoms with Crippen molar-refractivity contribution in [2.75, 3.05) is 0 Å². The van der Waals surface area contributed by atoms with Crippen LogP contribution < -0.4 is 5.73 Å². The predicted octanol–water partition coefficient (Wildman–Crippen LogP) is 3.22. The van der Waals surface area contributed by atoms with Gasteiger partial charge < -0.3 is 5.73 Å². The van der Waals surface area contributed by atoms with Crippen molar-refractivity contribution in [1.29, 1.82) is 0 Å². The van der Waals surface area contributed by atoms with Crippen LogP contribution in [0, 0.1) is 17.0 Å². The lowest BCUT2D eigenvalue weighted by Crippen LogP contribution is -2.28. The van der Waals surface area contributed by atoms with Crippen molar-refractivity contribution in [3.05, 3.63) is 44.3 Å². The van der Waals surface area contributed by atoms with Gasteiger partial charge in [-0.15, -0.1) is 11.3 Å². The van der Waals surface area contributed by atoms with Crippen molar-refractivity contribution in [1.82, 2.24) is 4.98 Å². The zero-order chi connectivity index (χ0) is 14.2. The SMILES string of the molecule is Cc1ccc(-c2csc(C(C)(C)N)n2)cc1[N+](=O)[O-]. The molecule has 1 aromatic carbocycles. The highest BCUT2D eigenvalue weighted by atomic mass is 32.1. The molecule has 6 heteroatoms. The van der Waals surface area contributed by atoms with E-state index >= 15 is 0 Å². The molecule has 0 radical (unpaired) electrons. The number of nitrogens with two attached hydrogens (primary N) is 1. The summed E-state index contributed by atoms with van der Waals surface area (Å²) in [5, 5.41) is 13.6. The Labute approximate surface area is 115 Å². The van der Waals surface area contributed by atoms with Gasteiger partial charge in [-0.25, -0.2) is 4.98 Å². The lowest BCUT2D eigenvalue weighted by Gasteiger charge is -2.13. The number of nitro benzene ring substituents is 1. The van der Waals surface area contributed by atoms with Crippen molar-refractivity contribution >= 4 is 17.0 Å². The highest BCUT2D eigenvalue weighted by molar-refractivity contribution is 7.10. The zero-order valence-corrected chi connectivity index (χ0v) is 11.8. The molecule has 0 aliphatic rings. The largest absolute Gasteiger partial charge is 0.320 e. The summed E-state index contributed by atoms with van der Waals surface area (Å²) >= 11 is 1.46. The van der Waals surface area contributed by atoms with Gasteiger partial charge in [0.25, 0.3) is 5.69 Å². The quantitative estimate of drug-likeness (QED) is 0.689. The molecule has 0 fully saturated rings. The van der Waals surface area contributed by atoms with E-state index in [9.17, 15) is 10.1 Å². The summed E-state index contributed by atoms with van der Waals surface area (Å²) in [6.07, 6.45) is 0. The molecule has 0 bridgehead atoms. The van der Waals surface area contributed by atoms with Gasteiger partial charge in [0.15, 0.2) is 0 Å². The number of nitrogens with zero attached hydrogens (tertiary/aromatic N) is 2. The number of nitro groups is 1. The molecule has 2 aromatic rings. The molecule has 0 spiro atoms. The van der Waals surface area contributed by atoms with Gasteiger partial charge in [0.2, 0.25) is 0 Å². The second-order valence-corrected chi connectivity index (χ2v) is 5.88. The standard InChI is InChI=1S/C13H15N3O2S/c1-8-4-5-9(6-11(8)16(17)18)10-7-19-12(15-10)13(2,3)14/h4-7H,14H2,1-3H3. The summed E-state index contributed by atoms with van der Waals surface area (Å²) in [6, 6.07) is 5.13. The van der Waals surface area contributed by atoms with E-state index in [1.54, 1.807) is 19.1 Å². The Morgan fingerprint density at radius 1 is 1.42 bits per heavy atom. The van der Waals surface area contributed by atoms with Gasteiger partial charge in [0.1, 0.15) is 5.01 Å². The molecule has 2 N–H and O–H groups in total. The van der Waals surface area contributed by atoms with Crippen LogP contribution in [0.25, 0.3) is 11.3 Å². The normalized spacial score (nSPS) is 11.6. The maximum atomic E-state index is 10.9. The minimum atomic E-state index is -0.500. The van der Waals surface area contributed by atoms with Crippen molar-refractivity contribution in [2.24, 2.45) is 5.73 Å². The Bertz CT molecular complexity index is 629. The zero-order valence-electron chi connectivity index (χ0n) is 11.0. The Morgan fingerprint density at radius 3 is 2.63 bits per heavy atom. The summed E-state index contributed by atoms with van der Waals surface area (Å²) in [5.74, 6) is 0. The Hall–Kier alpha value is -1.79. The smallest absolute Gasteiger partial charge is 0.272 e. The molecule has 0 unspecified atom stereocenters. The maximum Gasteiger partial charge on any atom is 0.272 e. The Kier molecular flexibility index (Phi) is 3.38. The number of hydrogen-bond donors (Lipinski definition) is 1. The molecule has 19 heavy (non-hydrogen) atoms. The summed E-state index contributed by atoms with van der Waals surface area (Å²) in [7, 11) is 0. The fraction of sp³-hybridized carbons (Fsp3) is 0.308. The van der Waals surface area contributed by atoms with Gasteiger partial charge in [-0.2, -0.15) is 0 Å². The van der Waals surface area contributed by atoms with E-state index in [0.29, 0.717) is 5.56 Å². The third kappa shape index (κ3) is 2.80. The molecule has 0 saturated heterocycles. The molecule has 1 aromatic heterocycles. The predicted molar refractivity (Wildman–Crippen MR) is 76.2 cm³/mol. The summed E-state index contributed by atoms with van der Waals surface area (Å²) in [4.78, 5) is 15.0. The number of hydrogen-bond acceptors (Lipinski definition) is 5. The van der Waals surface area contributed by atoms with Crippen LogP contribution >= 0.6 is 11.3 Å². The van der Waals surface area contributed by atoms with Crippen molar-refractivity contribution in [2.45, 2.75) is 26.3 Å². The molecule has 0 atom stereocenters. The first kappa shape index (κ1) is 13.6. The summed E-state index contributed by atoms with van der Waals surface area (Å²) in [5.41, 5.74) is 7.71. The number of aryl methyl sites for hydroxylation is 1. The van der Waals surface area contributed by atoms with E-state index in [0.717, 1.165) is 16.3 Å². The second kappa shape index (κ2) is 4.71. The summed E-state index contributed by atoms with van der Waals surface area (Å²) in [6.45, 7) is 5.48. The van der Waals surface area contributed by atoms with Crippen LogP contribution in [-0.4, -0.2) is 9.91 Å². The van der Waals surface area contributed by atoms with E-state index in [4.69, 9.17) is 5.73 Å². The van der Waals surface area contributed by atoms with E-state index in [-0.39, 0.29) is 10.6 Å². The van der Waals surface area contributed by atoms with Crippen LogP contribution in [0.3, 0.4) is 0 Å².